The molecule has 0 aliphatic carbocycles. The summed E-state index contributed by atoms with van der Waals surface area (Å²) in [5.41, 5.74) is 6.61. The second kappa shape index (κ2) is 3.76. The second-order valence-electron chi connectivity index (χ2n) is 3.34. The Hall–Kier alpha value is -1.07. The minimum absolute atomic E-state index is 0.574. The molecule has 5 heteroatoms. The number of anilines is 1. The Balaban J connectivity index is 1.89. The summed E-state index contributed by atoms with van der Waals surface area (Å²) in [5, 5.41) is 10.1. The van der Waals surface area contributed by atoms with Gasteiger partial charge >= 0.3 is 0 Å². The predicted octanol–water partition coefficient (Wildman–Crippen LogP) is -0.603. The summed E-state index contributed by atoms with van der Waals surface area (Å²) in [6.07, 6.45) is 0. The molecular weight excluding hydrogens is 166 g/mol. The standard InChI is InChI=1S/C8H15N5/c9-8-5-7(11-12-8)6-13-3-1-10-2-4-13/h5,10H,1-4,6H2,(H3,9,11,12). The van der Waals surface area contributed by atoms with Crippen LogP contribution in [0.5, 0.6) is 0 Å². The van der Waals surface area contributed by atoms with Crippen molar-refractivity contribution >= 4 is 5.82 Å². The van der Waals surface area contributed by atoms with Crippen LogP contribution in [-0.2, 0) is 6.54 Å². The summed E-state index contributed by atoms with van der Waals surface area (Å²) in [7, 11) is 0. The molecule has 0 atom stereocenters. The van der Waals surface area contributed by atoms with E-state index in [0.29, 0.717) is 5.82 Å². The van der Waals surface area contributed by atoms with Gasteiger partial charge in [0.1, 0.15) is 5.82 Å². The number of nitrogens with two attached hydrogens (primary N) is 1. The average molecular weight is 181 g/mol. The molecule has 0 radical (unpaired) electrons. The van der Waals surface area contributed by atoms with Crippen LogP contribution >= 0.6 is 0 Å². The summed E-state index contributed by atoms with van der Waals surface area (Å²) in [6, 6.07) is 1.89. The zero-order chi connectivity index (χ0) is 9.10. The summed E-state index contributed by atoms with van der Waals surface area (Å²) < 4.78 is 0. The van der Waals surface area contributed by atoms with Crippen LogP contribution in [0.3, 0.4) is 0 Å². The highest BCUT2D eigenvalue weighted by Gasteiger charge is 2.10. The fraction of sp³-hybridized carbons (Fsp3) is 0.625. The van der Waals surface area contributed by atoms with Crippen LogP contribution in [0.15, 0.2) is 6.07 Å². The normalized spacial score (nSPS) is 19.1. The lowest BCUT2D eigenvalue weighted by molar-refractivity contribution is 0.230. The maximum absolute atomic E-state index is 5.51. The van der Waals surface area contributed by atoms with Crippen molar-refractivity contribution in [2.45, 2.75) is 6.54 Å². The fourth-order valence-corrected chi connectivity index (χ4v) is 1.57. The maximum atomic E-state index is 5.51. The topological polar surface area (TPSA) is 70.0 Å². The first-order valence-electron chi connectivity index (χ1n) is 4.57. The number of aromatic amines is 1. The molecule has 1 aliphatic rings. The van der Waals surface area contributed by atoms with Crippen LogP contribution in [0.4, 0.5) is 5.82 Å². The molecule has 1 aromatic heterocycles. The maximum Gasteiger partial charge on any atom is 0.145 e. The van der Waals surface area contributed by atoms with E-state index in [0.717, 1.165) is 38.4 Å². The third-order valence-electron chi connectivity index (χ3n) is 2.25. The Labute approximate surface area is 77.3 Å². The van der Waals surface area contributed by atoms with Crippen molar-refractivity contribution in [3.8, 4) is 0 Å². The molecule has 4 N–H and O–H groups in total. The average Bonchev–Trinajstić information content (AvgIpc) is 2.53. The van der Waals surface area contributed by atoms with Crippen molar-refractivity contribution in [2.24, 2.45) is 0 Å². The lowest BCUT2D eigenvalue weighted by Crippen LogP contribution is -2.42. The van der Waals surface area contributed by atoms with Crippen molar-refractivity contribution in [3.63, 3.8) is 0 Å². The van der Waals surface area contributed by atoms with E-state index in [9.17, 15) is 0 Å². The van der Waals surface area contributed by atoms with Gasteiger partial charge in [0.25, 0.3) is 0 Å². The van der Waals surface area contributed by atoms with Gasteiger partial charge in [0.05, 0.1) is 5.69 Å². The summed E-state index contributed by atoms with van der Waals surface area (Å²) in [4.78, 5) is 2.38. The van der Waals surface area contributed by atoms with Crippen molar-refractivity contribution in [2.75, 3.05) is 31.9 Å². The zero-order valence-electron chi connectivity index (χ0n) is 7.58. The van der Waals surface area contributed by atoms with Crippen LogP contribution in [-0.4, -0.2) is 41.3 Å². The van der Waals surface area contributed by atoms with Crippen molar-refractivity contribution in [3.05, 3.63) is 11.8 Å². The third kappa shape index (κ3) is 2.19. The highest BCUT2D eigenvalue weighted by molar-refractivity contribution is 5.28. The molecule has 13 heavy (non-hydrogen) atoms. The second-order valence-corrected chi connectivity index (χ2v) is 3.34. The Bertz CT molecular complexity index is 263. The number of rotatable bonds is 2. The summed E-state index contributed by atoms with van der Waals surface area (Å²) >= 11 is 0. The minimum Gasteiger partial charge on any atom is -0.382 e. The number of nitrogen functional groups attached to an aromatic ring is 1. The van der Waals surface area contributed by atoms with Gasteiger partial charge in [-0.05, 0) is 0 Å². The van der Waals surface area contributed by atoms with Gasteiger partial charge in [0.2, 0.25) is 0 Å². The molecule has 0 spiro atoms. The Morgan fingerprint density at radius 3 is 2.85 bits per heavy atom. The number of H-pyrrole nitrogens is 1. The molecule has 1 aliphatic heterocycles. The highest BCUT2D eigenvalue weighted by Crippen LogP contribution is 2.05. The van der Waals surface area contributed by atoms with Gasteiger partial charge < -0.3 is 11.1 Å². The Morgan fingerprint density at radius 2 is 2.23 bits per heavy atom. The summed E-state index contributed by atoms with van der Waals surface area (Å²) in [6.45, 7) is 5.26. The number of aromatic nitrogens is 2. The van der Waals surface area contributed by atoms with Gasteiger partial charge in [-0.2, -0.15) is 5.10 Å². The van der Waals surface area contributed by atoms with Crippen molar-refractivity contribution in [1.29, 1.82) is 0 Å². The Kier molecular flexibility index (Phi) is 2.47. The van der Waals surface area contributed by atoms with Gasteiger partial charge in [0.15, 0.2) is 0 Å². The largest absolute Gasteiger partial charge is 0.382 e. The molecule has 2 heterocycles. The quantitative estimate of drug-likeness (QED) is 0.569. The number of hydrogen-bond acceptors (Lipinski definition) is 4. The van der Waals surface area contributed by atoms with Gasteiger partial charge in [-0.25, -0.2) is 0 Å². The lowest BCUT2D eigenvalue weighted by atomic mass is 10.3. The Morgan fingerprint density at radius 1 is 1.46 bits per heavy atom. The fourth-order valence-electron chi connectivity index (χ4n) is 1.57. The van der Waals surface area contributed by atoms with Crippen molar-refractivity contribution in [1.82, 2.24) is 20.4 Å². The first-order chi connectivity index (χ1) is 6.34. The number of nitrogens with zero attached hydrogens (tertiary/aromatic N) is 2. The summed E-state index contributed by atoms with van der Waals surface area (Å²) in [5.74, 6) is 0.574. The predicted molar refractivity (Wildman–Crippen MR) is 51.1 cm³/mol. The lowest BCUT2D eigenvalue weighted by Gasteiger charge is -2.26. The molecule has 1 aromatic rings. The zero-order valence-corrected chi connectivity index (χ0v) is 7.58. The molecule has 72 valence electrons. The van der Waals surface area contributed by atoms with Gasteiger partial charge in [0, 0.05) is 38.8 Å². The van der Waals surface area contributed by atoms with E-state index in [-0.39, 0.29) is 0 Å². The van der Waals surface area contributed by atoms with Gasteiger partial charge in [-0.3, -0.25) is 10.00 Å². The SMILES string of the molecule is Nc1cc(CN2CCNCC2)[nH]n1. The molecule has 2 rings (SSSR count). The van der Waals surface area contributed by atoms with Crippen LogP contribution in [0, 0.1) is 0 Å². The smallest absolute Gasteiger partial charge is 0.145 e. The van der Waals surface area contributed by atoms with E-state index < -0.39 is 0 Å². The molecular formula is C8H15N5. The molecule has 0 amide bonds. The molecule has 1 saturated heterocycles. The van der Waals surface area contributed by atoms with Gasteiger partial charge in [-0.15, -0.1) is 0 Å². The number of piperazine rings is 1. The third-order valence-corrected chi connectivity index (χ3v) is 2.25. The van der Waals surface area contributed by atoms with Crippen LogP contribution < -0.4 is 11.1 Å². The molecule has 5 nitrogen and oxygen atoms in total. The minimum atomic E-state index is 0.574. The monoisotopic (exact) mass is 181 g/mol. The first-order valence-corrected chi connectivity index (χ1v) is 4.57. The van der Waals surface area contributed by atoms with Crippen molar-refractivity contribution < 1.29 is 0 Å². The van der Waals surface area contributed by atoms with Crippen LogP contribution in [0.1, 0.15) is 5.69 Å². The van der Waals surface area contributed by atoms with E-state index in [4.69, 9.17) is 5.73 Å². The van der Waals surface area contributed by atoms with E-state index in [2.05, 4.69) is 20.4 Å². The molecule has 0 aromatic carbocycles. The molecule has 0 unspecified atom stereocenters. The van der Waals surface area contributed by atoms with Crippen LogP contribution in [0.25, 0.3) is 0 Å². The molecule has 1 fully saturated rings. The van der Waals surface area contributed by atoms with E-state index in [1.807, 2.05) is 6.07 Å². The number of nitrogens with one attached hydrogen (secondary N) is 2. The number of hydrogen-bond donors (Lipinski definition) is 3. The van der Waals surface area contributed by atoms with Gasteiger partial charge in [-0.1, -0.05) is 0 Å². The molecule has 0 saturated carbocycles. The van der Waals surface area contributed by atoms with E-state index >= 15 is 0 Å². The first kappa shape index (κ1) is 8.52. The van der Waals surface area contributed by atoms with E-state index in [1.165, 1.54) is 0 Å². The van der Waals surface area contributed by atoms with E-state index in [1.54, 1.807) is 0 Å². The highest BCUT2D eigenvalue weighted by atomic mass is 15.2. The molecule has 0 bridgehead atoms. The van der Waals surface area contributed by atoms with Crippen LogP contribution in [0.2, 0.25) is 0 Å².